The van der Waals surface area contributed by atoms with Gasteiger partial charge in [0, 0.05) is 11.1 Å². The fourth-order valence-electron chi connectivity index (χ4n) is 6.04. The third-order valence-corrected chi connectivity index (χ3v) is 9.32. The average molecular weight is 938 g/mol. The summed E-state index contributed by atoms with van der Waals surface area (Å²) in [4.78, 5) is 23.5. The van der Waals surface area contributed by atoms with E-state index in [4.69, 9.17) is 32.7 Å². The van der Waals surface area contributed by atoms with Gasteiger partial charge in [0.05, 0.1) is 33.0 Å². The Kier molecular flexibility index (Phi) is 17.1. The van der Waals surface area contributed by atoms with Gasteiger partial charge in [0.15, 0.2) is 13.2 Å². The maximum absolute atomic E-state index is 12.9. The molecule has 0 aromatic heterocycles. The van der Waals surface area contributed by atoms with Crippen molar-refractivity contribution < 1.29 is 82.0 Å². The zero-order valence-corrected chi connectivity index (χ0v) is 34.4. The molecule has 0 saturated heterocycles. The van der Waals surface area contributed by atoms with Gasteiger partial charge in [-0.1, -0.05) is 75.2 Å². The second-order valence-corrected chi connectivity index (χ2v) is 15.6. The largest absolute Gasteiger partial charge is 0.482 e. The van der Waals surface area contributed by atoms with Crippen molar-refractivity contribution in [2.75, 3.05) is 13.2 Å². The number of aliphatic carboxylic acids is 2. The van der Waals surface area contributed by atoms with Crippen LogP contribution in [0.15, 0.2) is 72.8 Å². The van der Waals surface area contributed by atoms with Crippen LogP contribution in [0.25, 0.3) is 22.3 Å². The lowest BCUT2D eigenvalue weighted by atomic mass is 9.88. The molecule has 62 heavy (non-hydrogen) atoms. The second-order valence-electron chi connectivity index (χ2n) is 14.8. The molecule has 0 aliphatic heterocycles. The van der Waals surface area contributed by atoms with Crippen LogP contribution in [0.4, 0.5) is 52.7 Å². The molecule has 0 saturated carbocycles. The highest BCUT2D eigenvalue weighted by molar-refractivity contribution is 6.33. The Morgan fingerprint density at radius 1 is 0.532 bits per heavy atom. The molecule has 0 spiro atoms. The first kappa shape index (κ1) is 51.5. The van der Waals surface area contributed by atoms with Crippen molar-refractivity contribution in [1.82, 2.24) is 0 Å². The minimum absolute atomic E-state index is 0.0180. The van der Waals surface area contributed by atoms with Gasteiger partial charge in [-0.15, -0.1) is 0 Å². The van der Waals surface area contributed by atoms with Crippen molar-refractivity contribution in [2.45, 2.75) is 77.1 Å². The summed E-state index contributed by atoms with van der Waals surface area (Å²) in [5.41, 5.74) is -1.34. The van der Waals surface area contributed by atoms with Crippen LogP contribution in [0, 0.1) is 11.8 Å². The van der Waals surface area contributed by atoms with E-state index >= 15 is 0 Å². The number of carboxylic acids is 2. The minimum atomic E-state index is -4.68. The highest BCUT2D eigenvalue weighted by Crippen LogP contribution is 2.44. The molecule has 0 fully saturated rings. The van der Waals surface area contributed by atoms with Crippen LogP contribution in [0.1, 0.15) is 74.6 Å². The summed E-state index contributed by atoms with van der Waals surface area (Å²) in [6.45, 7) is 3.86. The van der Waals surface area contributed by atoms with Gasteiger partial charge >= 0.3 is 36.6 Å². The number of alkyl halides is 12. The van der Waals surface area contributed by atoms with Crippen LogP contribution >= 0.6 is 23.2 Å². The van der Waals surface area contributed by atoms with Crippen LogP contribution in [0.5, 0.6) is 11.5 Å². The lowest BCUT2D eigenvalue weighted by Crippen LogP contribution is -2.20. The molecule has 0 bridgehead atoms. The van der Waals surface area contributed by atoms with Crippen LogP contribution in [-0.2, 0) is 21.9 Å². The van der Waals surface area contributed by atoms with Crippen LogP contribution < -0.4 is 9.47 Å². The molecule has 2 atom stereocenters. The molecule has 0 aliphatic rings. The van der Waals surface area contributed by atoms with E-state index in [9.17, 15) is 72.5 Å². The number of hydrogen-bond acceptors (Lipinski definition) is 4. The molecule has 2 N–H and O–H groups in total. The third kappa shape index (κ3) is 15.2. The van der Waals surface area contributed by atoms with Gasteiger partial charge in [-0.25, -0.2) is 0 Å². The summed E-state index contributed by atoms with van der Waals surface area (Å²) < 4.78 is 163. The van der Waals surface area contributed by atoms with E-state index in [1.807, 2.05) is 0 Å². The molecule has 0 unspecified atom stereocenters. The molecule has 0 amide bonds. The lowest BCUT2D eigenvalue weighted by Gasteiger charge is -2.20. The quantitative estimate of drug-likeness (QED) is 0.122. The van der Waals surface area contributed by atoms with Gasteiger partial charge in [0.25, 0.3) is 0 Å². The Bertz CT molecular complexity index is 1990. The molecule has 4 rings (SSSR count). The monoisotopic (exact) mass is 936 g/mol. The first-order chi connectivity index (χ1) is 28.4. The molecule has 4 aromatic rings. The van der Waals surface area contributed by atoms with Gasteiger partial charge in [0.1, 0.15) is 11.5 Å². The van der Waals surface area contributed by atoms with Crippen molar-refractivity contribution in [3.05, 3.63) is 105 Å². The second kappa shape index (κ2) is 20.6. The summed E-state index contributed by atoms with van der Waals surface area (Å²) >= 11 is 12.3. The highest BCUT2D eigenvalue weighted by Gasteiger charge is 2.34. The number of ether oxygens (including phenoxy) is 2. The van der Waals surface area contributed by atoms with E-state index in [0.29, 0.717) is 0 Å². The van der Waals surface area contributed by atoms with Crippen LogP contribution in [0.2, 0.25) is 10.0 Å². The first-order valence-corrected chi connectivity index (χ1v) is 19.0. The maximum atomic E-state index is 12.9. The normalized spacial score (nSPS) is 13.4. The summed E-state index contributed by atoms with van der Waals surface area (Å²) in [5, 5.41) is 18.6. The first-order valence-electron chi connectivity index (χ1n) is 18.2. The van der Waals surface area contributed by atoms with E-state index in [2.05, 4.69) is 0 Å². The maximum Gasteiger partial charge on any atom is 0.422 e. The van der Waals surface area contributed by atoms with Crippen molar-refractivity contribution in [3.8, 4) is 33.8 Å². The molecule has 20 heteroatoms. The molecule has 6 nitrogen and oxygen atoms in total. The predicted octanol–water partition coefficient (Wildman–Crippen LogP) is 14.4. The number of halogens is 14. The summed E-state index contributed by atoms with van der Waals surface area (Å²) in [7, 11) is 0. The Labute approximate surface area is 357 Å². The lowest BCUT2D eigenvalue weighted by molar-refractivity contribution is -0.154. The van der Waals surface area contributed by atoms with Crippen molar-refractivity contribution >= 4 is 35.1 Å². The van der Waals surface area contributed by atoms with E-state index in [1.165, 1.54) is 24.3 Å². The van der Waals surface area contributed by atoms with E-state index in [-0.39, 0.29) is 68.1 Å². The molecule has 340 valence electrons. The zero-order chi connectivity index (χ0) is 47.1. The van der Waals surface area contributed by atoms with Gasteiger partial charge in [-0.2, -0.15) is 52.7 Å². The van der Waals surface area contributed by atoms with Crippen LogP contribution in [-0.4, -0.2) is 47.7 Å². The SMILES string of the molecule is CC(C)C[C@@H](C(=O)O)c1cc(Cl)c(OCC(F)(F)F)c(-c2ccc(C(F)(F)F)cc2)c1.CC(C)C[C@H](C(=O)O)c1cc(Cl)c(OCC(F)(F)F)c(-c2ccc(C(F)(F)F)cc2)c1. The number of carbonyl (C=O) groups is 2. The predicted molar refractivity (Wildman–Crippen MR) is 207 cm³/mol. The average Bonchev–Trinajstić information content (AvgIpc) is 3.13. The number of hydrogen-bond donors (Lipinski definition) is 2. The van der Waals surface area contributed by atoms with Crippen LogP contribution in [0.3, 0.4) is 0 Å². The molecular weight excluding hydrogens is 899 g/mol. The van der Waals surface area contributed by atoms with Gasteiger partial charge in [-0.3, -0.25) is 9.59 Å². The molecule has 4 aromatic carbocycles. The molecule has 0 aliphatic carbocycles. The topological polar surface area (TPSA) is 93.1 Å². The van der Waals surface area contributed by atoms with E-state index in [0.717, 1.165) is 48.5 Å². The Balaban J connectivity index is 0.000000330. The molecular formula is C42H38Cl2F12O6. The van der Waals surface area contributed by atoms with E-state index in [1.54, 1.807) is 27.7 Å². The highest BCUT2D eigenvalue weighted by atomic mass is 35.5. The molecule has 0 heterocycles. The van der Waals surface area contributed by atoms with Gasteiger partial charge in [0.2, 0.25) is 0 Å². The smallest absolute Gasteiger partial charge is 0.422 e. The van der Waals surface area contributed by atoms with Gasteiger partial charge < -0.3 is 19.7 Å². The summed E-state index contributed by atoms with van der Waals surface area (Å²) in [6.07, 6.45) is -18.1. The zero-order valence-electron chi connectivity index (χ0n) is 32.9. The van der Waals surface area contributed by atoms with Crippen molar-refractivity contribution in [2.24, 2.45) is 11.8 Å². The summed E-state index contributed by atoms with van der Waals surface area (Å²) in [6, 6.07) is 12.4. The molecule has 0 radical (unpaired) electrons. The fraction of sp³-hybridized carbons (Fsp3) is 0.381. The minimum Gasteiger partial charge on any atom is -0.482 e. The van der Waals surface area contributed by atoms with Crippen molar-refractivity contribution in [3.63, 3.8) is 0 Å². The number of benzene rings is 4. The number of carboxylic acid groups (broad SMARTS) is 2. The summed E-state index contributed by atoms with van der Waals surface area (Å²) in [5.74, 6) is -5.16. The van der Waals surface area contributed by atoms with Crippen molar-refractivity contribution in [1.29, 1.82) is 0 Å². The number of rotatable bonds is 14. The Morgan fingerprint density at radius 2 is 0.823 bits per heavy atom. The van der Waals surface area contributed by atoms with E-state index < -0.39 is 84.3 Å². The third-order valence-electron chi connectivity index (χ3n) is 8.75. The van der Waals surface area contributed by atoms with Gasteiger partial charge in [-0.05, 0) is 95.5 Å². The standard InChI is InChI=1S/2C21H19ClF6O3/c2*1-11(2)7-16(19(29)30)13-8-15(12-3-5-14(6-4-12)21(26,27)28)18(17(22)9-13)31-10-20(23,24)25/h2*3-6,8-9,11,16H,7,10H2,1-2H3,(H,29,30)/t2*16-/m10/s1. The Morgan fingerprint density at radius 3 is 1.05 bits per heavy atom. The Hall–Kier alpha value is -4.84. The fourth-order valence-corrected chi connectivity index (χ4v) is 6.61.